The molecule has 2 heterocycles. The molecule has 0 spiro atoms. The van der Waals surface area contributed by atoms with Crippen LogP contribution in [0, 0.1) is 18.2 Å². The Balaban J connectivity index is 1.81. The van der Waals surface area contributed by atoms with Gasteiger partial charge in [0.15, 0.2) is 0 Å². The van der Waals surface area contributed by atoms with Crippen LogP contribution in [0.5, 0.6) is 5.75 Å². The number of ether oxygens (including phenoxy) is 2. The van der Waals surface area contributed by atoms with Crippen molar-refractivity contribution in [3.8, 4) is 5.75 Å². The van der Waals surface area contributed by atoms with Crippen molar-refractivity contribution in [3.63, 3.8) is 0 Å². The molecule has 2 aromatic carbocycles. The normalized spacial score (nSPS) is 18.8. The zero-order chi connectivity index (χ0) is 29.4. The number of nitrogens with zero attached hydrogens (tertiary/aromatic N) is 1. The third-order valence-corrected chi connectivity index (χ3v) is 10.7. The molecule has 0 fully saturated rings. The number of benzene rings is 2. The number of rotatable bonds is 8. The summed E-state index contributed by atoms with van der Waals surface area (Å²) in [7, 11) is -2.55. The van der Waals surface area contributed by atoms with E-state index in [1.807, 2.05) is 32.0 Å². The smallest absolute Gasteiger partial charge is 0.312 e. The van der Waals surface area contributed by atoms with Gasteiger partial charge in [-0.25, -0.2) is 12.8 Å². The number of aliphatic hydroxyl groups excluding tert-OH is 1. The Morgan fingerprint density at radius 3 is 2.58 bits per heavy atom. The SMILES string of the molecule is CC[C@@H]1CN(Cc2cc(C(c3cc(F)c(C(C)O)s3)C(C)(C)C(=O)OC)ccc2C)S(=O)(=O)c2ccccc2O1. The summed E-state index contributed by atoms with van der Waals surface area (Å²) in [5.41, 5.74) is 1.25. The number of aliphatic hydroxyl groups is 1. The van der Waals surface area contributed by atoms with Gasteiger partial charge in [0.2, 0.25) is 10.0 Å². The molecule has 10 heteroatoms. The molecular weight excluding hydrogens is 553 g/mol. The fraction of sp³-hybridized carbons (Fsp3) is 0.433. The van der Waals surface area contributed by atoms with E-state index in [1.165, 1.54) is 24.4 Å². The van der Waals surface area contributed by atoms with Crippen LogP contribution in [-0.2, 0) is 26.1 Å². The minimum atomic E-state index is -3.86. The third kappa shape index (κ3) is 5.68. The fourth-order valence-electron chi connectivity index (χ4n) is 5.18. The van der Waals surface area contributed by atoms with Gasteiger partial charge in [-0.2, -0.15) is 4.31 Å². The van der Waals surface area contributed by atoms with Crippen LogP contribution in [0.15, 0.2) is 53.4 Å². The minimum absolute atomic E-state index is 0.0965. The van der Waals surface area contributed by atoms with Crippen molar-refractivity contribution in [1.82, 2.24) is 4.31 Å². The number of hydrogen-bond acceptors (Lipinski definition) is 7. The molecule has 7 nitrogen and oxygen atoms in total. The van der Waals surface area contributed by atoms with Crippen molar-refractivity contribution >= 4 is 27.3 Å². The van der Waals surface area contributed by atoms with Gasteiger partial charge in [-0.15, -0.1) is 11.3 Å². The Morgan fingerprint density at radius 2 is 1.95 bits per heavy atom. The summed E-state index contributed by atoms with van der Waals surface area (Å²) < 4.78 is 54.9. The predicted molar refractivity (Wildman–Crippen MR) is 152 cm³/mol. The summed E-state index contributed by atoms with van der Waals surface area (Å²) in [6.45, 7) is 9.11. The molecule has 3 aromatic rings. The molecule has 4 rings (SSSR count). The van der Waals surface area contributed by atoms with Crippen LogP contribution >= 0.6 is 11.3 Å². The number of para-hydroxylation sites is 1. The molecule has 1 N–H and O–H groups in total. The van der Waals surface area contributed by atoms with E-state index in [-0.39, 0.29) is 29.0 Å². The topological polar surface area (TPSA) is 93.1 Å². The number of hydrogen-bond donors (Lipinski definition) is 1. The van der Waals surface area contributed by atoms with Crippen LogP contribution in [0.3, 0.4) is 0 Å². The molecular formula is C30H36FNO6S2. The van der Waals surface area contributed by atoms with E-state index in [0.717, 1.165) is 22.5 Å². The molecule has 1 aliphatic rings. The number of esters is 1. The average Bonchev–Trinajstić information content (AvgIpc) is 3.25. The second kappa shape index (κ2) is 11.6. The van der Waals surface area contributed by atoms with Gasteiger partial charge in [0, 0.05) is 17.3 Å². The van der Waals surface area contributed by atoms with Gasteiger partial charge in [-0.1, -0.05) is 37.3 Å². The number of aryl methyl sites for hydroxylation is 1. The van der Waals surface area contributed by atoms with E-state index >= 15 is 0 Å². The molecule has 3 atom stereocenters. The zero-order valence-electron chi connectivity index (χ0n) is 23.6. The van der Waals surface area contributed by atoms with E-state index in [4.69, 9.17) is 9.47 Å². The lowest BCUT2D eigenvalue weighted by Crippen LogP contribution is -2.36. The number of fused-ring (bicyclic) bond motifs is 1. The molecule has 2 unspecified atom stereocenters. The number of thiophene rings is 1. The highest BCUT2D eigenvalue weighted by Gasteiger charge is 2.42. The number of methoxy groups -OCH3 is 1. The van der Waals surface area contributed by atoms with E-state index in [0.29, 0.717) is 22.6 Å². The van der Waals surface area contributed by atoms with Gasteiger partial charge in [0.25, 0.3) is 0 Å². The second-order valence-corrected chi connectivity index (χ2v) is 13.8. The molecule has 40 heavy (non-hydrogen) atoms. The highest BCUT2D eigenvalue weighted by Crippen LogP contribution is 2.46. The van der Waals surface area contributed by atoms with Crippen LogP contribution in [-0.4, -0.2) is 43.6 Å². The first-order chi connectivity index (χ1) is 18.8. The standard InChI is InChI=1S/C30H36FNO6S2/c1-7-22-17-32(40(35,36)26-11-9-8-10-24(26)38-22)16-21-14-20(13-12-18(21)2)27(30(4,5)29(34)37-6)25-15-23(31)28(39-25)19(3)33/h8-15,19,22,27,33H,7,16-17H2,1-6H3/t19?,22-,27?/m1/s1. The van der Waals surface area contributed by atoms with Crippen molar-refractivity contribution in [2.24, 2.45) is 5.41 Å². The van der Waals surface area contributed by atoms with Crippen molar-refractivity contribution in [3.05, 3.63) is 80.8 Å². The molecule has 0 aliphatic carbocycles. The fourth-order valence-corrected chi connectivity index (χ4v) is 8.04. The van der Waals surface area contributed by atoms with E-state index < -0.39 is 39.2 Å². The van der Waals surface area contributed by atoms with Crippen molar-refractivity contribution in [2.75, 3.05) is 13.7 Å². The lowest BCUT2D eigenvalue weighted by Gasteiger charge is -2.32. The molecule has 0 radical (unpaired) electrons. The maximum Gasteiger partial charge on any atom is 0.312 e. The van der Waals surface area contributed by atoms with Crippen molar-refractivity contribution < 1.29 is 32.2 Å². The zero-order valence-corrected chi connectivity index (χ0v) is 25.2. The molecule has 1 aromatic heterocycles. The van der Waals surface area contributed by atoms with E-state index in [2.05, 4.69) is 0 Å². The summed E-state index contributed by atoms with van der Waals surface area (Å²) in [5, 5.41) is 10.1. The number of carbonyl (C=O) groups is 1. The third-order valence-electron chi connectivity index (χ3n) is 7.51. The second-order valence-electron chi connectivity index (χ2n) is 10.8. The quantitative estimate of drug-likeness (QED) is 0.327. The maximum absolute atomic E-state index is 14.8. The first-order valence-corrected chi connectivity index (χ1v) is 15.5. The van der Waals surface area contributed by atoms with Gasteiger partial charge >= 0.3 is 5.97 Å². The Bertz CT molecular complexity index is 1500. The number of halogens is 1. The Morgan fingerprint density at radius 1 is 1.25 bits per heavy atom. The van der Waals surface area contributed by atoms with Crippen molar-refractivity contribution in [2.45, 2.75) is 70.6 Å². The first-order valence-electron chi connectivity index (χ1n) is 13.2. The minimum Gasteiger partial charge on any atom is -0.488 e. The molecule has 0 saturated carbocycles. The summed E-state index contributed by atoms with van der Waals surface area (Å²) in [6.07, 6.45) is -0.690. The van der Waals surface area contributed by atoms with Crippen LogP contribution in [0.2, 0.25) is 0 Å². The summed E-state index contributed by atoms with van der Waals surface area (Å²) in [6, 6.07) is 13.7. The lowest BCUT2D eigenvalue weighted by atomic mass is 9.73. The summed E-state index contributed by atoms with van der Waals surface area (Å²) in [5.74, 6) is -1.27. The Kier molecular flexibility index (Phi) is 8.75. The first kappa shape index (κ1) is 30.2. The van der Waals surface area contributed by atoms with E-state index in [9.17, 15) is 22.7 Å². The monoisotopic (exact) mass is 589 g/mol. The summed E-state index contributed by atoms with van der Waals surface area (Å²) in [4.78, 5) is 13.8. The summed E-state index contributed by atoms with van der Waals surface area (Å²) >= 11 is 1.11. The Hall–Kier alpha value is -2.79. The van der Waals surface area contributed by atoms with Gasteiger partial charge < -0.3 is 14.6 Å². The largest absolute Gasteiger partial charge is 0.488 e. The lowest BCUT2D eigenvalue weighted by molar-refractivity contribution is -0.151. The van der Waals surface area contributed by atoms with Crippen molar-refractivity contribution in [1.29, 1.82) is 0 Å². The van der Waals surface area contributed by atoms with Crippen LogP contribution in [0.25, 0.3) is 0 Å². The molecule has 0 amide bonds. The number of sulfonamides is 1. The molecule has 0 saturated heterocycles. The van der Waals surface area contributed by atoms with Crippen LogP contribution in [0.4, 0.5) is 4.39 Å². The van der Waals surface area contributed by atoms with Gasteiger partial charge in [-0.3, -0.25) is 4.79 Å². The maximum atomic E-state index is 14.8. The van der Waals surface area contributed by atoms with Crippen LogP contribution < -0.4 is 4.74 Å². The average molecular weight is 590 g/mol. The van der Waals surface area contributed by atoms with Gasteiger partial charge in [0.1, 0.15) is 22.6 Å². The Labute approximate surface area is 239 Å². The predicted octanol–water partition coefficient (Wildman–Crippen LogP) is 5.94. The number of carbonyl (C=O) groups excluding carboxylic acids is 1. The van der Waals surface area contributed by atoms with Gasteiger partial charge in [-0.05, 0) is 69.0 Å². The van der Waals surface area contributed by atoms with Gasteiger partial charge in [0.05, 0.1) is 30.1 Å². The molecule has 216 valence electrons. The van der Waals surface area contributed by atoms with E-state index in [1.54, 1.807) is 38.1 Å². The van der Waals surface area contributed by atoms with Crippen LogP contribution in [0.1, 0.15) is 72.6 Å². The highest BCUT2D eigenvalue weighted by atomic mass is 32.2. The molecule has 1 aliphatic heterocycles. The molecule has 0 bridgehead atoms. The highest BCUT2D eigenvalue weighted by molar-refractivity contribution is 7.89.